The molecule has 374 valence electrons. The lowest BCUT2D eigenvalue weighted by molar-refractivity contribution is -0.150. The topological polar surface area (TPSA) is 73.7 Å². The summed E-state index contributed by atoms with van der Waals surface area (Å²) in [6, 6.07) is 0. The predicted molar refractivity (Wildman–Crippen MR) is 275 cm³/mol. The lowest BCUT2D eigenvalue weighted by atomic mass is 9.94. The quantitative estimate of drug-likeness (QED) is 0.0480. The molecule has 0 aromatic carbocycles. The van der Waals surface area contributed by atoms with E-state index in [2.05, 4.69) is 55.3 Å². The van der Waals surface area contributed by atoms with Gasteiger partial charge in [0.1, 0.15) is 5.82 Å². The summed E-state index contributed by atoms with van der Waals surface area (Å²) in [5.41, 5.74) is 0. The third-order valence-corrected chi connectivity index (χ3v) is 12.6. The first-order chi connectivity index (χ1) is 31.0. The van der Waals surface area contributed by atoms with E-state index >= 15 is 0 Å². The molecule has 2 unspecified atom stereocenters. The van der Waals surface area contributed by atoms with E-state index in [0.717, 1.165) is 115 Å². The van der Waals surface area contributed by atoms with Crippen LogP contribution in [0, 0.1) is 18.8 Å². The molecule has 63 heavy (non-hydrogen) atoms. The third kappa shape index (κ3) is 40.1. The van der Waals surface area contributed by atoms with E-state index in [-0.39, 0.29) is 23.8 Å². The lowest BCUT2D eigenvalue weighted by Crippen LogP contribution is -2.27. The molecule has 0 radical (unpaired) electrons. The van der Waals surface area contributed by atoms with Crippen molar-refractivity contribution in [3.63, 3.8) is 0 Å². The minimum Gasteiger partial charge on any atom is -0.465 e. The first kappa shape index (κ1) is 63.2. The van der Waals surface area contributed by atoms with Gasteiger partial charge in [0.2, 0.25) is 0 Å². The Morgan fingerprint density at radius 1 is 0.476 bits per heavy atom. The molecule has 7 nitrogen and oxygen atoms in total. The Morgan fingerprint density at radius 3 is 1.21 bits per heavy atom. The molecule has 0 saturated heterocycles. The number of esters is 2. The summed E-state index contributed by atoms with van der Waals surface area (Å²) in [6.45, 7) is 24.7. The zero-order valence-corrected chi connectivity index (χ0v) is 44.1. The van der Waals surface area contributed by atoms with Crippen LogP contribution in [0.2, 0.25) is 0 Å². The Morgan fingerprint density at radius 2 is 0.810 bits per heavy atom. The molecule has 1 aromatic rings. The van der Waals surface area contributed by atoms with E-state index in [1.165, 1.54) is 135 Å². The standard InChI is InChI=1S/C52H99N3O4.2C2H6/c1-6-10-14-17-19-22-29-38-49(36-13-9-4)51(56)58-47-35-26-24-31-42-54(43-32-33-44-55-45-40-53-48(55)5)41-30-23-20-25-34-46-59-52(57)50(37-27-16-12-8-3)39-28-21-18-15-11-7-2;2*1-2/h40,45,49-50H,6-39,41-44,46-47H2,1-5H3;2*1-2H3. The molecule has 2 atom stereocenters. The number of carbonyl (C=O) groups is 2. The molecule has 0 aliphatic heterocycles. The van der Waals surface area contributed by atoms with E-state index in [1.54, 1.807) is 0 Å². The molecule has 1 aromatic heterocycles. The van der Waals surface area contributed by atoms with Crippen LogP contribution >= 0.6 is 0 Å². The van der Waals surface area contributed by atoms with Crippen molar-refractivity contribution in [2.24, 2.45) is 11.8 Å². The average molecular weight is 891 g/mol. The highest BCUT2D eigenvalue weighted by molar-refractivity contribution is 5.72. The Kier molecular flexibility index (Phi) is 51.3. The average Bonchev–Trinajstić information content (AvgIpc) is 3.72. The van der Waals surface area contributed by atoms with Crippen LogP contribution in [0.1, 0.15) is 280 Å². The van der Waals surface area contributed by atoms with Crippen molar-refractivity contribution >= 4 is 11.9 Å². The van der Waals surface area contributed by atoms with Crippen LogP contribution in [0.25, 0.3) is 0 Å². The van der Waals surface area contributed by atoms with Crippen molar-refractivity contribution in [3.8, 4) is 0 Å². The fourth-order valence-electron chi connectivity index (χ4n) is 8.48. The highest BCUT2D eigenvalue weighted by Crippen LogP contribution is 2.22. The summed E-state index contributed by atoms with van der Waals surface area (Å²) in [7, 11) is 0. The molecule has 0 aliphatic carbocycles. The van der Waals surface area contributed by atoms with Gasteiger partial charge in [-0.15, -0.1) is 0 Å². The number of ether oxygens (including phenoxy) is 2. The van der Waals surface area contributed by atoms with Crippen LogP contribution in [0.3, 0.4) is 0 Å². The summed E-state index contributed by atoms with van der Waals surface area (Å²) in [4.78, 5) is 33.1. The number of hydrogen-bond donors (Lipinski definition) is 0. The van der Waals surface area contributed by atoms with E-state index in [4.69, 9.17) is 9.47 Å². The smallest absolute Gasteiger partial charge is 0.308 e. The first-order valence-electron chi connectivity index (χ1n) is 28.0. The van der Waals surface area contributed by atoms with Gasteiger partial charge >= 0.3 is 11.9 Å². The van der Waals surface area contributed by atoms with Crippen molar-refractivity contribution in [2.75, 3.05) is 32.8 Å². The number of hydrogen-bond acceptors (Lipinski definition) is 6. The van der Waals surface area contributed by atoms with Crippen molar-refractivity contribution in [2.45, 2.75) is 287 Å². The minimum absolute atomic E-state index is 0.0584. The number of rotatable bonds is 45. The van der Waals surface area contributed by atoms with Gasteiger partial charge in [0, 0.05) is 18.9 Å². The molecule has 1 heterocycles. The number of nitrogens with zero attached hydrogens (tertiary/aromatic N) is 3. The fraction of sp³-hybridized carbons (Fsp3) is 0.911. The molecule has 0 fully saturated rings. The van der Waals surface area contributed by atoms with Crippen molar-refractivity contribution in [1.82, 2.24) is 14.5 Å². The monoisotopic (exact) mass is 890 g/mol. The van der Waals surface area contributed by atoms with Crippen molar-refractivity contribution in [1.29, 1.82) is 0 Å². The highest BCUT2D eigenvalue weighted by atomic mass is 16.5. The van der Waals surface area contributed by atoms with Gasteiger partial charge < -0.3 is 18.9 Å². The van der Waals surface area contributed by atoms with Crippen molar-refractivity contribution < 1.29 is 19.1 Å². The van der Waals surface area contributed by atoms with Crippen LogP contribution < -0.4 is 0 Å². The van der Waals surface area contributed by atoms with Gasteiger partial charge in [0.15, 0.2) is 0 Å². The Bertz CT molecular complexity index is 1060. The Hall–Kier alpha value is -1.89. The molecule has 0 amide bonds. The predicted octanol–water partition coefficient (Wildman–Crippen LogP) is 17.2. The van der Waals surface area contributed by atoms with Crippen LogP contribution in [0.4, 0.5) is 0 Å². The van der Waals surface area contributed by atoms with Gasteiger partial charge in [0.05, 0.1) is 25.0 Å². The maximum Gasteiger partial charge on any atom is 0.308 e. The highest BCUT2D eigenvalue weighted by Gasteiger charge is 2.20. The number of carbonyl (C=O) groups excluding carboxylic acids is 2. The largest absolute Gasteiger partial charge is 0.465 e. The molecular weight excluding hydrogens is 779 g/mol. The second-order valence-corrected chi connectivity index (χ2v) is 18.1. The molecule has 0 aliphatic rings. The van der Waals surface area contributed by atoms with E-state index < -0.39 is 0 Å². The minimum atomic E-state index is 0.0584. The Labute approximate surface area is 394 Å². The summed E-state index contributed by atoms with van der Waals surface area (Å²) in [5.74, 6) is 1.42. The van der Waals surface area contributed by atoms with Crippen LogP contribution in [0.15, 0.2) is 12.4 Å². The molecule has 0 spiro atoms. The van der Waals surface area contributed by atoms with Crippen LogP contribution in [-0.2, 0) is 25.6 Å². The molecule has 0 saturated carbocycles. The van der Waals surface area contributed by atoms with E-state index in [9.17, 15) is 9.59 Å². The van der Waals surface area contributed by atoms with Gasteiger partial charge in [-0.3, -0.25) is 9.59 Å². The normalized spacial score (nSPS) is 12.0. The number of aromatic nitrogens is 2. The van der Waals surface area contributed by atoms with Gasteiger partial charge in [-0.2, -0.15) is 0 Å². The molecule has 1 rings (SSSR count). The van der Waals surface area contributed by atoms with Crippen molar-refractivity contribution in [3.05, 3.63) is 18.2 Å². The second-order valence-electron chi connectivity index (χ2n) is 18.1. The van der Waals surface area contributed by atoms with Crippen LogP contribution in [-0.4, -0.2) is 59.2 Å². The Balaban J connectivity index is 0. The summed E-state index contributed by atoms with van der Waals surface area (Å²) in [5, 5.41) is 0. The number of aryl methyl sites for hydroxylation is 2. The zero-order chi connectivity index (χ0) is 46.9. The first-order valence-corrected chi connectivity index (χ1v) is 28.0. The number of unbranched alkanes of at least 4 members (excludes halogenated alkanes) is 23. The third-order valence-electron chi connectivity index (χ3n) is 12.6. The van der Waals surface area contributed by atoms with Gasteiger partial charge in [0.25, 0.3) is 0 Å². The number of imidazole rings is 1. The second kappa shape index (κ2) is 51.1. The van der Waals surface area contributed by atoms with E-state index in [0.29, 0.717) is 13.2 Å². The lowest BCUT2D eigenvalue weighted by Gasteiger charge is -2.22. The summed E-state index contributed by atoms with van der Waals surface area (Å²) in [6.07, 6.45) is 44.5. The van der Waals surface area contributed by atoms with E-state index in [1.807, 2.05) is 33.9 Å². The molecule has 0 bridgehead atoms. The van der Waals surface area contributed by atoms with Gasteiger partial charge in [-0.1, -0.05) is 209 Å². The van der Waals surface area contributed by atoms with Gasteiger partial charge in [-0.25, -0.2) is 4.98 Å². The summed E-state index contributed by atoms with van der Waals surface area (Å²) >= 11 is 0. The summed E-state index contributed by atoms with van der Waals surface area (Å²) < 4.78 is 14.0. The maximum absolute atomic E-state index is 13.0. The van der Waals surface area contributed by atoms with Gasteiger partial charge in [-0.05, 0) is 90.8 Å². The molecule has 0 N–H and O–H groups in total. The maximum atomic E-state index is 13.0. The van der Waals surface area contributed by atoms with Crippen LogP contribution in [0.5, 0.6) is 0 Å². The fourth-order valence-corrected chi connectivity index (χ4v) is 8.48. The molecular formula is C56H111N3O4. The SMILES string of the molecule is CC.CC.CCCCCCCCCC(CCCC)C(=O)OCCCCCCN(CCCCCCCOC(=O)C(CCCCCC)CCCCCCCC)CCCCn1ccnc1C. The zero-order valence-electron chi connectivity index (χ0n) is 44.1. The molecule has 7 heteroatoms.